The second kappa shape index (κ2) is 13.2. The molecule has 3 aromatic heterocycles. The minimum atomic E-state index is -0.990. The van der Waals surface area contributed by atoms with Gasteiger partial charge in [0.1, 0.15) is 11.3 Å². The minimum Gasteiger partial charge on any atom is -0.490 e. The number of halogens is 1. The van der Waals surface area contributed by atoms with Crippen LogP contribution in [0.4, 0.5) is 4.39 Å². The molecule has 46 heavy (non-hydrogen) atoms. The van der Waals surface area contributed by atoms with E-state index in [1.54, 1.807) is 44.9 Å². The maximum Gasteiger partial charge on any atom is 0.307 e. The molecule has 3 N–H and O–H groups in total. The highest BCUT2D eigenvalue weighted by Gasteiger charge is 2.27. The zero-order valence-corrected chi connectivity index (χ0v) is 27.3. The van der Waals surface area contributed by atoms with Gasteiger partial charge in [0.15, 0.2) is 11.6 Å². The number of carboxylic acids is 1. The number of hydrogen-bond donors (Lipinski definition) is 3. The molecule has 2 aliphatic heterocycles. The number of aromatic nitrogens is 3. The van der Waals surface area contributed by atoms with Gasteiger partial charge in [0.25, 0.3) is 5.91 Å². The van der Waals surface area contributed by atoms with Gasteiger partial charge in [-0.25, -0.2) is 9.37 Å². The van der Waals surface area contributed by atoms with Crippen LogP contribution in [-0.4, -0.2) is 79.9 Å². The van der Waals surface area contributed by atoms with Crippen molar-refractivity contribution in [2.45, 2.75) is 59.5 Å². The molecule has 0 unspecified atom stereocenters. The Morgan fingerprint density at radius 3 is 2.50 bits per heavy atom. The second-order valence-electron chi connectivity index (χ2n) is 12.9. The molecular formula is C35H42FN5O5. The molecule has 0 atom stereocenters. The number of nitrogens with zero attached hydrogens (tertiary/aromatic N) is 4. The third-order valence-corrected chi connectivity index (χ3v) is 8.20. The highest BCUT2D eigenvalue weighted by molar-refractivity contribution is 6.01. The Labute approximate surface area is 268 Å². The van der Waals surface area contributed by atoms with Crippen molar-refractivity contribution in [2.75, 3.05) is 32.8 Å². The van der Waals surface area contributed by atoms with E-state index in [4.69, 9.17) is 14.8 Å². The van der Waals surface area contributed by atoms with Gasteiger partial charge in [-0.15, -0.1) is 0 Å². The molecule has 2 aliphatic rings. The number of fused-ring (bicyclic) bond motifs is 2. The van der Waals surface area contributed by atoms with Crippen molar-refractivity contribution in [3.63, 3.8) is 0 Å². The lowest BCUT2D eigenvalue weighted by atomic mass is 9.87. The number of nitrogens with one attached hydrogen (secondary N) is 1. The molecule has 0 saturated carbocycles. The number of benzene rings is 1. The second-order valence-corrected chi connectivity index (χ2v) is 12.9. The standard InChI is InChI=1S/C31H32FN5O4.C4H10O/c1-17-20-5-4-12-41-29(20)24(32)14-21(17)28-22(16-27(38)39)18(2)35-30-23(28)15-26(36(30)3)19-6-7-34-25(13-19)31(40)37-10-8-33-9-11-37;1-4(2,3)5/h6-7,13-15,33H,4-5,8-12,16H2,1-3H3,(H,38,39);5H,1-3H3. The van der Waals surface area contributed by atoms with Crippen LogP contribution in [0.5, 0.6) is 5.75 Å². The average Bonchev–Trinajstić information content (AvgIpc) is 3.34. The Bertz CT molecular complexity index is 1800. The molecule has 0 spiro atoms. The first-order chi connectivity index (χ1) is 21.7. The van der Waals surface area contributed by atoms with Crippen molar-refractivity contribution in [2.24, 2.45) is 7.05 Å². The first-order valence-corrected chi connectivity index (χ1v) is 15.6. The van der Waals surface area contributed by atoms with E-state index in [9.17, 15) is 14.7 Å². The quantitative estimate of drug-likeness (QED) is 0.286. The molecule has 1 saturated heterocycles. The fraction of sp³-hybridized carbons (Fsp3) is 0.429. The molecule has 1 fully saturated rings. The van der Waals surface area contributed by atoms with E-state index < -0.39 is 17.4 Å². The number of carbonyl (C=O) groups is 2. The number of pyridine rings is 2. The van der Waals surface area contributed by atoms with Crippen LogP contribution in [0.25, 0.3) is 33.4 Å². The Balaban J connectivity index is 0.000000775. The molecule has 1 amide bonds. The number of amides is 1. The van der Waals surface area contributed by atoms with Crippen LogP contribution in [0, 0.1) is 19.7 Å². The molecule has 11 heteroatoms. The van der Waals surface area contributed by atoms with Gasteiger partial charge < -0.3 is 29.7 Å². The predicted octanol–water partition coefficient (Wildman–Crippen LogP) is 4.83. The maximum atomic E-state index is 15.4. The van der Waals surface area contributed by atoms with Gasteiger partial charge in [-0.2, -0.15) is 0 Å². The summed E-state index contributed by atoms with van der Waals surface area (Å²) in [6.07, 6.45) is 2.85. The van der Waals surface area contributed by atoms with Gasteiger partial charge in [0.05, 0.1) is 24.3 Å². The molecule has 0 bridgehead atoms. The summed E-state index contributed by atoms with van der Waals surface area (Å²) in [5.41, 5.74) is 6.18. The minimum absolute atomic E-state index is 0.118. The molecule has 0 aliphatic carbocycles. The number of rotatable bonds is 5. The van der Waals surface area contributed by atoms with E-state index >= 15 is 4.39 Å². The number of carbonyl (C=O) groups excluding carboxylic acids is 1. The van der Waals surface area contributed by atoms with Crippen LogP contribution in [0.3, 0.4) is 0 Å². The summed E-state index contributed by atoms with van der Waals surface area (Å²) >= 11 is 0. The smallest absolute Gasteiger partial charge is 0.307 e. The van der Waals surface area contributed by atoms with Gasteiger partial charge in [-0.05, 0) is 94.0 Å². The third kappa shape index (κ3) is 6.90. The number of hydrogen-bond acceptors (Lipinski definition) is 7. The van der Waals surface area contributed by atoms with Crippen molar-refractivity contribution >= 4 is 22.9 Å². The molecule has 0 radical (unpaired) electrons. The van der Waals surface area contributed by atoms with Gasteiger partial charge in [0.2, 0.25) is 0 Å². The number of aliphatic carboxylic acids is 1. The van der Waals surface area contributed by atoms with E-state index in [-0.39, 0.29) is 18.1 Å². The fourth-order valence-corrected chi connectivity index (χ4v) is 6.09. The molecule has 4 aromatic rings. The van der Waals surface area contributed by atoms with E-state index in [0.29, 0.717) is 59.8 Å². The third-order valence-electron chi connectivity index (χ3n) is 8.20. The van der Waals surface area contributed by atoms with Crippen LogP contribution in [0.15, 0.2) is 30.5 Å². The maximum absolute atomic E-state index is 15.4. The Kier molecular flexibility index (Phi) is 9.46. The molecule has 10 nitrogen and oxygen atoms in total. The van der Waals surface area contributed by atoms with E-state index in [1.165, 1.54) is 6.07 Å². The number of aliphatic hydroxyl groups is 1. The summed E-state index contributed by atoms with van der Waals surface area (Å²) in [7, 11) is 1.89. The summed E-state index contributed by atoms with van der Waals surface area (Å²) in [5.74, 6) is -1.28. The van der Waals surface area contributed by atoms with Gasteiger partial charge in [-0.3, -0.25) is 14.6 Å². The van der Waals surface area contributed by atoms with Crippen LogP contribution >= 0.6 is 0 Å². The van der Waals surface area contributed by atoms with E-state index in [2.05, 4.69) is 10.3 Å². The molecular weight excluding hydrogens is 589 g/mol. The Morgan fingerprint density at radius 2 is 1.83 bits per heavy atom. The van der Waals surface area contributed by atoms with Crippen LogP contribution < -0.4 is 10.1 Å². The van der Waals surface area contributed by atoms with Gasteiger partial charge in [0, 0.05) is 61.6 Å². The van der Waals surface area contributed by atoms with Crippen molar-refractivity contribution in [1.82, 2.24) is 24.8 Å². The summed E-state index contributed by atoms with van der Waals surface area (Å²) in [5, 5.41) is 22.3. The number of carboxylic acid groups (broad SMARTS) is 1. The summed E-state index contributed by atoms with van der Waals surface area (Å²) in [6, 6.07) is 7.03. The monoisotopic (exact) mass is 631 g/mol. The van der Waals surface area contributed by atoms with Crippen molar-refractivity contribution in [1.29, 1.82) is 0 Å². The summed E-state index contributed by atoms with van der Waals surface area (Å²) in [6.45, 7) is 12.2. The van der Waals surface area contributed by atoms with Crippen LogP contribution in [-0.2, 0) is 24.7 Å². The normalized spacial score (nSPS) is 14.7. The number of piperazine rings is 1. The van der Waals surface area contributed by atoms with Gasteiger partial charge in [-0.1, -0.05) is 0 Å². The molecule has 6 rings (SSSR count). The van der Waals surface area contributed by atoms with Crippen molar-refractivity contribution in [3.05, 3.63) is 64.4 Å². The summed E-state index contributed by atoms with van der Waals surface area (Å²) < 4.78 is 23.0. The predicted molar refractivity (Wildman–Crippen MR) is 175 cm³/mol. The topological polar surface area (TPSA) is 130 Å². The molecule has 244 valence electrons. The van der Waals surface area contributed by atoms with E-state index in [1.807, 2.05) is 30.7 Å². The van der Waals surface area contributed by atoms with Crippen LogP contribution in [0.2, 0.25) is 0 Å². The SMILES string of the molecule is CC(C)(C)O.Cc1nc2c(cc(-c3ccnc(C(=O)N4CCNCC4)c3)n2C)c(-c2cc(F)c3c(c2C)CCCO3)c1CC(=O)O. The molecule has 1 aromatic carbocycles. The van der Waals surface area contributed by atoms with E-state index in [0.717, 1.165) is 47.3 Å². The Morgan fingerprint density at radius 1 is 1.13 bits per heavy atom. The Hall–Kier alpha value is -4.35. The lowest BCUT2D eigenvalue weighted by Crippen LogP contribution is -2.46. The highest BCUT2D eigenvalue weighted by atomic mass is 19.1. The van der Waals surface area contributed by atoms with Crippen LogP contribution in [0.1, 0.15) is 60.1 Å². The largest absolute Gasteiger partial charge is 0.490 e. The fourth-order valence-electron chi connectivity index (χ4n) is 6.09. The van der Waals surface area contributed by atoms with Crippen molar-refractivity contribution < 1.29 is 28.9 Å². The lowest BCUT2D eigenvalue weighted by molar-refractivity contribution is -0.136. The summed E-state index contributed by atoms with van der Waals surface area (Å²) in [4.78, 5) is 36.1. The number of ether oxygens (including phenoxy) is 1. The zero-order valence-electron chi connectivity index (χ0n) is 27.3. The molecule has 5 heterocycles. The van der Waals surface area contributed by atoms with Crippen molar-refractivity contribution in [3.8, 4) is 28.1 Å². The first kappa shape index (κ1) is 33.0. The number of aryl methyl sites for hydroxylation is 2. The average molecular weight is 632 g/mol. The lowest BCUT2D eigenvalue weighted by Gasteiger charge is -2.27. The van der Waals surface area contributed by atoms with Gasteiger partial charge >= 0.3 is 5.97 Å². The first-order valence-electron chi connectivity index (χ1n) is 15.6. The zero-order chi connectivity index (χ0) is 33.3. The highest BCUT2D eigenvalue weighted by Crippen LogP contribution is 2.43.